The van der Waals surface area contributed by atoms with Crippen LogP contribution in [0, 0.1) is 16.7 Å². The molecular weight excluding hydrogens is 184 g/mol. The number of rotatable bonds is 2. The third kappa shape index (κ3) is 2.72. The maximum atomic E-state index is 8.56. The number of nitriles is 1. The Morgan fingerprint density at radius 3 is 2.27 bits per heavy atom. The van der Waals surface area contributed by atoms with Crippen molar-refractivity contribution < 1.29 is 0 Å². The van der Waals surface area contributed by atoms with Crippen LogP contribution in [-0.4, -0.2) is 24.5 Å². The lowest BCUT2D eigenvalue weighted by Gasteiger charge is -2.44. The Morgan fingerprint density at radius 2 is 1.67 bits per heavy atom. The summed E-state index contributed by atoms with van der Waals surface area (Å²) >= 11 is 0. The predicted octanol–water partition coefficient (Wildman–Crippen LogP) is 2.95. The second kappa shape index (κ2) is 4.99. The summed E-state index contributed by atoms with van der Waals surface area (Å²) in [6.45, 7) is 3.47. The summed E-state index contributed by atoms with van der Waals surface area (Å²) in [7, 11) is 0. The molecule has 2 fully saturated rings. The number of hydrogen-bond acceptors (Lipinski definition) is 2. The summed E-state index contributed by atoms with van der Waals surface area (Å²) in [4.78, 5) is 2.48. The van der Waals surface area contributed by atoms with E-state index in [4.69, 9.17) is 5.26 Å². The van der Waals surface area contributed by atoms with Gasteiger partial charge in [-0.2, -0.15) is 5.26 Å². The first-order valence-electron chi connectivity index (χ1n) is 6.44. The lowest BCUT2D eigenvalue weighted by atomic mass is 9.68. The third-order valence-electron chi connectivity index (χ3n) is 4.37. The summed E-state index contributed by atoms with van der Waals surface area (Å²) in [5.74, 6) is 0. The number of likely N-dealkylation sites (tertiary alicyclic amines) is 1. The second-order valence-corrected chi connectivity index (χ2v) is 5.31. The van der Waals surface area contributed by atoms with Crippen molar-refractivity contribution in [2.75, 3.05) is 19.6 Å². The molecule has 1 aliphatic carbocycles. The van der Waals surface area contributed by atoms with Crippen molar-refractivity contribution >= 4 is 0 Å². The zero-order valence-electron chi connectivity index (χ0n) is 9.67. The van der Waals surface area contributed by atoms with E-state index in [1.54, 1.807) is 0 Å². The lowest BCUT2D eigenvalue weighted by Crippen LogP contribution is -2.41. The molecule has 2 heteroatoms. The number of piperidine rings is 1. The molecule has 2 rings (SSSR count). The van der Waals surface area contributed by atoms with E-state index in [1.165, 1.54) is 58.0 Å². The minimum absolute atomic E-state index is 0.701. The van der Waals surface area contributed by atoms with Crippen LogP contribution < -0.4 is 0 Å². The zero-order valence-corrected chi connectivity index (χ0v) is 9.67. The highest BCUT2D eigenvalue weighted by atomic mass is 15.1. The van der Waals surface area contributed by atoms with Crippen molar-refractivity contribution in [3.63, 3.8) is 0 Å². The topological polar surface area (TPSA) is 27.0 Å². The van der Waals surface area contributed by atoms with E-state index in [2.05, 4.69) is 11.0 Å². The van der Waals surface area contributed by atoms with Crippen LogP contribution in [0.1, 0.15) is 51.4 Å². The molecule has 1 aliphatic heterocycles. The average Bonchev–Trinajstić information content (AvgIpc) is 2.30. The molecule has 0 atom stereocenters. The smallest absolute Gasteiger partial charge is 0.0635 e. The van der Waals surface area contributed by atoms with E-state index < -0.39 is 0 Å². The van der Waals surface area contributed by atoms with Crippen LogP contribution in [0.2, 0.25) is 0 Å². The highest BCUT2D eigenvalue weighted by molar-refractivity contribution is 4.88. The molecule has 15 heavy (non-hydrogen) atoms. The molecule has 1 saturated heterocycles. The van der Waals surface area contributed by atoms with Gasteiger partial charge in [0.15, 0.2) is 0 Å². The quantitative estimate of drug-likeness (QED) is 0.694. The maximum Gasteiger partial charge on any atom is 0.0635 e. The van der Waals surface area contributed by atoms with E-state index in [1.807, 2.05) is 0 Å². The summed E-state index contributed by atoms with van der Waals surface area (Å²) in [6, 6.07) is 2.24. The third-order valence-corrected chi connectivity index (χ3v) is 4.37. The van der Waals surface area contributed by atoms with E-state index >= 15 is 0 Å². The minimum atomic E-state index is 0.701. The zero-order chi connectivity index (χ0) is 10.6. The fourth-order valence-corrected chi connectivity index (χ4v) is 3.26. The van der Waals surface area contributed by atoms with Gasteiger partial charge in [0.25, 0.3) is 0 Å². The molecule has 0 unspecified atom stereocenters. The second-order valence-electron chi connectivity index (χ2n) is 5.31. The molecule has 2 nitrogen and oxygen atoms in total. The Labute approximate surface area is 93.3 Å². The van der Waals surface area contributed by atoms with Crippen molar-refractivity contribution in [3.05, 3.63) is 0 Å². The molecule has 0 aromatic carbocycles. The van der Waals surface area contributed by atoms with E-state index in [0.29, 0.717) is 11.8 Å². The van der Waals surface area contributed by atoms with Crippen LogP contribution >= 0.6 is 0 Å². The molecule has 1 heterocycles. The van der Waals surface area contributed by atoms with E-state index in [0.717, 1.165) is 6.54 Å². The molecule has 0 bridgehead atoms. The van der Waals surface area contributed by atoms with Crippen molar-refractivity contribution in [1.82, 2.24) is 4.90 Å². The molecular formula is C13H22N2. The first-order chi connectivity index (χ1) is 7.35. The van der Waals surface area contributed by atoms with Crippen LogP contribution in [0.25, 0.3) is 0 Å². The Bertz CT molecular complexity index is 225. The number of nitrogens with zero attached hydrogens (tertiary/aromatic N) is 2. The van der Waals surface area contributed by atoms with Gasteiger partial charge in [0.1, 0.15) is 0 Å². The van der Waals surface area contributed by atoms with Crippen LogP contribution in [0.3, 0.4) is 0 Å². The van der Waals surface area contributed by atoms with Crippen LogP contribution in [0.15, 0.2) is 0 Å². The largest absolute Gasteiger partial charge is 0.302 e. The fraction of sp³-hybridized carbons (Fsp3) is 0.923. The van der Waals surface area contributed by atoms with Gasteiger partial charge < -0.3 is 4.90 Å². The van der Waals surface area contributed by atoms with Crippen molar-refractivity contribution in [2.24, 2.45) is 5.41 Å². The van der Waals surface area contributed by atoms with E-state index in [-0.39, 0.29) is 0 Å². The normalized spacial score (nSPS) is 26.3. The van der Waals surface area contributed by atoms with Crippen molar-refractivity contribution in [1.29, 1.82) is 5.26 Å². The predicted molar refractivity (Wildman–Crippen MR) is 61.4 cm³/mol. The standard InChI is InChI=1S/C13H22N2/c14-9-4-10-15-11-7-13(8-12-15)5-2-1-3-6-13/h1-8,10-12H2. The molecule has 0 amide bonds. The molecule has 0 radical (unpaired) electrons. The summed E-state index contributed by atoms with van der Waals surface area (Å²) in [6.07, 6.45) is 10.8. The molecule has 0 aromatic heterocycles. The summed E-state index contributed by atoms with van der Waals surface area (Å²) in [5.41, 5.74) is 0.710. The highest BCUT2D eigenvalue weighted by Crippen LogP contribution is 2.44. The monoisotopic (exact) mass is 206 g/mol. The molecule has 1 spiro atoms. The van der Waals surface area contributed by atoms with Gasteiger partial charge in [0.2, 0.25) is 0 Å². The van der Waals surface area contributed by atoms with Gasteiger partial charge >= 0.3 is 0 Å². The first kappa shape index (κ1) is 11.0. The minimum Gasteiger partial charge on any atom is -0.302 e. The molecule has 0 N–H and O–H groups in total. The molecule has 0 aromatic rings. The SMILES string of the molecule is N#CCCN1CCC2(CCCCC2)CC1. The Morgan fingerprint density at radius 1 is 1.00 bits per heavy atom. The van der Waals surface area contributed by atoms with Crippen LogP contribution in [0.4, 0.5) is 0 Å². The first-order valence-corrected chi connectivity index (χ1v) is 6.44. The average molecular weight is 206 g/mol. The van der Waals surface area contributed by atoms with Gasteiger partial charge in [-0.1, -0.05) is 19.3 Å². The Hall–Kier alpha value is -0.550. The molecule has 2 aliphatic rings. The van der Waals surface area contributed by atoms with Gasteiger partial charge in [0, 0.05) is 13.0 Å². The van der Waals surface area contributed by atoms with Gasteiger partial charge in [-0.25, -0.2) is 0 Å². The highest BCUT2D eigenvalue weighted by Gasteiger charge is 2.35. The summed E-state index contributed by atoms with van der Waals surface area (Å²) < 4.78 is 0. The Kier molecular flexibility index (Phi) is 3.64. The molecule has 84 valence electrons. The maximum absolute atomic E-state index is 8.56. The summed E-state index contributed by atoms with van der Waals surface area (Å²) in [5, 5.41) is 8.56. The van der Waals surface area contributed by atoms with Gasteiger partial charge in [-0.3, -0.25) is 0 Å². The fourth-order valence-electron chi connectivity index (χ4n) is 3.26. The van der Waals surface area contributed by atoms with Gasteiger partial charge in [0.05, 0.1) is 6.07 Å². The lowest BCUT2D eigenvalue weighted by molar-refractivity contribution is 0.0690. The number of hydrogen-bond donors (Lipinski definition) is 0. The van der Waals surface area contributed by atoms with Crippen molar-refractivity contribution in [2.45, 2.75) is 51.4 Å². The van der Waals surface area contributed by atoms with Gasteiger partial charge in [-0.15, -0.1) is 0 Å². The van der Waals surface area contributed by atoms with Crippen LogP contribution in [0.5, 0.6) is 0 Å². The van der Waals surface area contributed by atoms with E-state index in [9.17, 15) is 0 Å². The Balaban J connectivity index is 1.78. The van der Waals surface area contributed by atoms with Crippen LogP contribution in [-0.2, 0) is 0 Å². The molecule has 1 saturated carbocycles. The van der Waals surface area contributed by atoms with Crippen molar-refractivity contribution in [3.8, 4) is 6.07 Å². The van der Waals surface area contributed by atoms with Gasteiger partial charge in [-0.05, 0) is 44.2 Å².